The van der Waals surface area contributed by atoms with Crippen molar-refractivity contribution in [2.75, 3.05) is 36.0 Å². The second-order valence-electron chi connectivity index (χ2n) is 8.71. The fourth-order valence-electron chi connectivity index (χ4n) is 4.27. The summed E-state index contributed by atoms with van der Waals surface area (Å²) in [6.45, 7) is 6.46. The lowest BCUT2D eigenvalue weighted by Crippen LogP contribution is -2.46. The summed E-state index contributed by atoms with van der Waals surface area (Å²) in [6, 6.07) is 22.2. The SMILES string of the molecule is Cc1ccc(S(=O)(=O)c2nc(-c3ccccc3C)oc2N2CCN(c3cccc(Cl)c3)CC2)cc1. The number of rotatable bonds is 5. The molecule has 4 aromatic rings. The minimum absolute atomic E-state index is 0.0455. The van der Waals surface area contributed by atoms with Crippen LogP contribution in [0.5, 0.6) is 0 Å². The molecule has 5 rings (SSSR count). The van der Waals surface area contributed by atoms with Crippen LogP contribution in [0.2, 0.25) is 5.02 Å². The van der Waals surface area contributed by atoms with Gasteiger partial charge in [0.25, 0.3) is 0 Å². The normalized spacial score (nSPS) is 14.4. The van der Waals surface area contributed by atoms with Crippen molar-refractivity contribution in [1.82, 2.24) is 4.98 Å². The number of benzene rings is 3. The second kappa shape index (κ2) is 9.40. The highest BCUT2D eigenvalue weighted by atomic mass is 35.5. The van der Waals surface area contributed by atoms with Gasteiger partial charge in [-0.2, -0.15) is 4.98 Å². The molecule has 1 aromatic heterocycles. The third-order valence-corrected chi connectivity index (χ3v) is 8.18. The summed E-state index contributed by atoms with van der Waals surface area (Å²) in [5, 5.41) is 0.644. The van der Waals surface area contributed by atoms with E-state index in [1.807, 2.05) is 67.3 Å². The number of nitrogens with zero attached hydrogens (tertiary/aromatic N) is 3. The number of aryl methyl sites for hydroxylation is 2. The number of sulfone groups is 1. The fraction of sp³-hybridized carbons (Fsp3) is 0.222. The third-order valence-electron chi connectivity index (χ3n) is 6.28. The molecule has 8 heteroatoms. The van der Waals surface area contributed by atoms with Crippen LogP contribution in [-0.2, 0) is 9.84 Å². The van der Waals surface area contributed by atoms with Crippen molar-refractivity contribution in [3.05, 3.63) is 88.9 Å². The van der Waals surface area contributed by atoms with Gasteiger partial charge in [-0.3, -0.25) is 0 Å². The first-order valence-corrected chi connectivity index (χ1v) is 13.3. The van der Waals surface area contributed by atoms with Gasteiger partial charge in [0.1, 0.15) is 0 Å². The van der Waals surface area contributed by atoms with Crippen LogP contribution in [0.4, 0.5) is 11.6 Å². The molecule has 0 N–H and O–H groups in total. The maximum absolute atomic E-state index is 13.7. The summed E-state index contributed by atoms with van der Waals surface area (Å²) in [4.78, 5) is 8.95. The average molecular weight is 508 g/mol. The van der Waals surface area contributed by atoms with Crippen LogP contribution in [-0.4, -0.2) is 39.6 Å². The van der Waals surface area contributed by atoms with E-state index in [4.69, 9.17) is 16.0 Å². The van der Waals surface area contributed by atoms with E-state index in [1.54, 1.807) is 24.3 Å². The van der Waals surface area contributed by atoms with Crippen molar-refractivity contribution in [3.63, 3.8) is 0 Å². The Morgan fingerprint density at radius 2 is 1.54 bits per heavy atom. The zero-order chi connectivity index (χ0) is 24.6. The van der Waals surface area contributed by atoms with E-state index in [0.29, 0.717) is 37.1 Å². The van der Waals surface area contributed by atoms with Gasteiger partial charge >= 0.3 is 0 Å². The fourth-order valence-corrected chi connectivity index (χ4v) is 5.78. The standard InChI is InChI=1S/C27H26ClN3O3S/c1-19-10-12-23(13-11-19)35(32,33)26-27(34-25(29-26)24-9-4-3-6-20(24)2)31-16-14-30(15-17-31)22-8-5-7-21(28)18-22/h3-13,18H,14-17H2,1-2H3. The molecule has 180 valence electrons. The van der Waals surface area contributed by atoms with Crippen LogP contribution in [0.1, 0.15) is 11.1 Å². The van der Waals surface area contributed by atoms with Gasteiger partial charge in [0.15, 0.2) is 0 Å². The summed E-state index contributed by atoms with van der Waals surface area (Å²) in [5.41, 5.74) is 3.77. The quantitative estimate of drug-likeness (QED) is 0.341. The largest absolute Gasteiger partial charge is 0.419 e. The molecule has 1 saturated heterocycles. The van der Waals surface area contributed by atoms with Crippen molar-refractivity contribution < 1.29 is 12.8 Å². The van der Waals surface area contributed by atoms with Gasteiger partial charge in [0, 0.05) is 42.5 Å². The summed E-state index contributed by atoms with van der Waals surface area (Å²) in [7, 11) is -3.88. The lowest BCUT2D eigenvalue weighted by molar-refractivity contribution is 0.525. The van der Waals surface area contributed by atoms with E-state index in [-0.39, 0.29) is 15.8 Å². The van der Waals surface area contributed by atoms with E-state index in [9.17, 15) is 8.42 Å². The Morgan fingerprint density at radius 3 is 2.23 bits per heavy atom. The van der Waals surface area contributed by atoms with Gasteiger partial charge in [-0.25, -0.2) is 8.42 Å². The molecule has 3 aromatic carbocycles. The molecular formula is C27H26ClN3O3S. The van der Waals surface area contributed by atoms with Gasteiger partial charge in [-0.1, -0.05) is 53.6 Å². The highest BCUT2D eigenvalue weighted by molar-refractivity contribution is 7.91. The van der Waals surface area contributed by atoms with Crippen molar-refractivity contribution in [3.8, 4) is 11.5 Å². The minimum Gasteiger partial charge on any atom is -0.419 e. The summed E-state index contributed by atoms with van der Waals surface area (Å²) in [5.74, 6) is 0.593. The van der Waals surface area contributed by atoms with Crippen molar-refractivity contribution >= 4 is 33.0 Å². The molecule has 2 heterocycles. The molecule has 6 nitrogen and oxygen atoms in total. The third kappa shape index (κ3) is 4.66. The summed E-state index contributed by atoms with van der Waals surface area (Å²) in [6.07, 6.45) is 0. The Kier molecular flexibility index (Phi) is 6.30. The number of hydrogen-bond acceptors (Lipinski definition) is 6. The van der Waals surface area contributed by atoms with Crippen LogP contribution < -0.4 is 9.80 Å². The van der Waals surface area contributed by atoms with Gasteiger partial charge in [0.05, 0.1) is 4.90 Å². The molecule has 1 fully saturated rings. The molecule has 1 aliphatic rings. The van der Waals surface area contributed by atoms with Gasteiger partial charge < -0.3 is 14.2 Å². The molecule has 0 unspecified atom stereocenters. The Bertz CT molecular complexity index is 1460. The maximum Gasteiger partial charge on any atom is 0.236 e. The molecule has 0 aliphatic carbocycles. The molecule has 0 saturated carbocycles. The zero-order valence-electron chi connectivity index (χ0n) is 19.6. The van der Waals surface area contributed by atoms with E-state index in [0.717, 1.165) is 22.4 Å². The molecule has 35 heavy (non-hydrogen) atoms. The van der Waals surface area contributed by atoms with E-state index in [2.05, 4.69) is 9.88 Å². The molecule has 0 amide bonds. The lowest BCUT2D eigenvalue weighted by atomic mass is 10.1. The van der Waals surface area contributed by atoms with Crippen molar-refractivity contribution in [1.29, 1.82) is 0 Å². The minimum atomic E-state index is -3.88. The number of piperazine rings is 1. The summed E-state index contributed by atoms with van der Waals surface area (Å²) >= 11 is 6.17. The number of aromatic nitrogens is 1. The molecule has 1 aliphatic heterocycles. The summed E-state index contributed by atoms with van der Waals surface area (Å²) < 4.78 is 33.6. The molecule has 0 atom stereocenters. The van der Waals surface area contributed by atoms with E-state index >= 15 is 0 Å². The Morgan fingerprint density at radius 1 is 0.857 bits per heavy atom. The second-order valence-corrected chi connectivity index (χ2v) is 11.0. The predicted octanol–water partition coefficient (Wildman–Crippen LogP) is 5.77. The van der Waals surface area contributed by atoms with Crippen LogP contribution in [0.15, 0.2) is 87.1 Å². The number of hydrogen-bond donors (Lipinski definition) is 0. The predicted molar refractivity (Wildman–Crippen MR) is 139 cm³/mol. The topological polar surface area (TPSA) is 66.7 Å². The van der Waals surface area contributed by atoms with E-state index < -0.39 is 9.84 Å². The molecule has 0 bridgehead atoms. The first-order chi connectivity index (χ1) is 16.8. The van der Waals surface area contributed by atoms with Crippen molar-refractivity contribution in [2.24, 2.45) is 0 Å². The smallest absolute Gasteiger partial charge is 0.236 e. The van der Waals surface area contributed by atoms with E-state index in [1.165, 1.54) is 0 Å². The molecular weight excluding hydrogens is 482 g/mol. The van der Waals surface area contributed by atoms with Crippen LogP contribution in [0.25, 0.3) is 11.5 Å². The highest BCUT2D eigenvalue weighted by Gasteiger charge is 2.33. The molecule has 0 spiro atoms. The number of anilines is 2. The highest BCUT2D eigenvalue weighted by Crippen LogP contribution is 2.36. The number of halogens is 1. The monoisotopic (exact) mass is 507 g/mol. The van der Waals surface area contributed by atoms with Crippen LogP contribution in [0.3, 0.4) is 0 Å². The average Bonchev–Trinajstić information content (AvgIpc) is 3.31. The van der Waals surface area contributed by atoms with Gasteiger partial charge in [-0.05, 0) is 55.8 Å². The van der Waals surface area contributed by atoms with Crippen molar-refractivity contribution in [2.45, 2.75) is 23.8 Å². The zero-order valence-corrected chi connectivity index (χ0v) is 21.2. The van der Waals surface area contributed by atoms with Crippen LogP contribution in [0, 0.1) is 13.8 Å². The Hall–Kier alpha value is -3.29. The lowest BCUT2D eigenvalue weighted by Gasteiger charge is -2.36. The first-order valence-electron chi connectivity index (χ1n) is 11.5. The maximum atomic E-state index is 13.7. The Labute approximate surface area is 210 Å². The van der Waals surface area contributed by atoms with Crippen LogP contribution >= 0.6 is 11.6 Å². The van der Waals surface area contributed by atoms with Gasteiger partial charge in [0.2, 0.25) is 26.6 Å². The Balaban J connectivity index is 1.52. The van der Waals surface area contributed by atoms with Gasteiger partial charge in [-0.15, -0.1) is 0 Å². The number of oxazole rings is 1. The first kappa shape index (κ1) is 23.5. The molecule has 0 radical (unpaired) electrons.